The molecule has 0 radical (unpaired) electrons. The highest BCUT2D eigenvalue weighted by Gasteiger charge is 2.30. The van der Waals surface area contributed by atoms with E-state index < -0.39 is 0 Å². The van der Waals surface area contributed by atoms with Crippen LogP contribution in [0.25, 0.3) is 0 Å². The number of fused-ring (bicyclic) bond motifs is 1. The number of aliphatic imine (C=N–C) groups is 1. The number of hydrogen-bond donors (Lipinski definition) is 1. The minimum absolute atomic E-state index is 0.534. The van der Waals surface area contributed by atoms with Crippen LogP contribution in [-0.2, 0) is 5.75 Å². The molecule has 0 aromatic heterocycles. The Labute approximate surface area is 117 Å². The largest absolute Gasteiger partial charge is 0.360 e. The van der Waals surface area contributed by atoms with Gasteiger partial charge in [-0.1, -0.05) is 48.3 Å². The Bertz CT molecular complexity index is 444. The van der Waals surface area contributed by atoms with Gasteiger partial charge in [0.25, 0.3) is 0 Å². The predicted octanol–water partition coefficient (Wildman–Crippen LogP) is 3.84. The summed E-state index contributed by atoms with van der Waals surface area (Å²) in [6, 6.07) is 9.19. The lowest BCUT2D eigenvalue weighted by Crippen LogP contribution is -2.36. The molecule has 1 saturated carbocycles. The number of benzene rings is 1. The third-order valence-electron chi connectivity index (χ3n) is 3.61. The van der Waals surface area contributed by atoms with E-state index in [1.54, 1.807) is 11.8 Å². The topological polar surface area (TPSA) is 24.4 Å². The number of nitrogens with one attached hydrogen (secondary N) is 1. The van der Waals surface area contributed by atoms with Crippen molar-refractivity contribution in [2.24, 2.45) is 4.99 Å². The molecule has 1 aromatic rings. The summed E-state index contributed by atoms with van der Waals surface area (Å²) in [4.78, 5) is 4.79. The molecular formula is C14H17ClN2S. The van der Waals surface area contributed by atoms with Crippen LogP contribution in [0.3, 0.4) is 0 Å². The van der Waals surface area contributed by atoms with E-state index in [0.29, 0.717) is 12.1 Å². The van der Waals surface area contributed by atoms with Gasteiger partial charge in [-0.3, -0.25) is 4.99 Å². The van der Waals surface area contributed by atoms with Gasteiger partial charge in [-0.15, -0.1) is 0 Å². The normalized spacial score (nSPS) is 26.4. The van der Waals surface area contributed by atoms with E-state index in [2.05, 4.69) is 17.4 Å². The Morgan fingerprint density at radius 3 is 2.78 bits per heavy atom. The lowest BCUT2D eigenvalue weighted by Gasteiger charge is -2.23. The Morgan fingerprint density at radius 2 is 2.00 bits per heavy atom. The van der Waals surface area contributed by atoms with Gasteiger partial charge in [0.15, 0.2) is 5.17 Å². The van der Waals surface area contributed by atoms with Crippen LogP contribution in [0.4, 0.5) is 0 Å². The molecule has 0 amide bonds. The fourth-order valence-corrected chi connectivity index (χ4v) is 3.66. The van der Waals surface area contributed by atoms with Gasteiger partial charge in [-0.2, -0.15) is 0 Å². The predicted molar refractivity (Wildman–Crippen MR) is 79.4 cm³/mol. The van der Waals surface area contributed by atoms with Gasteiger partial charge < -0.3 is 5.32 Å². The summed E-state index contributed by atoms with van der Waals surface area (Å²) in [5, 5.41) is 5.49. The van der Waals surface area contributed by atoms with Gasteiger partial charge in [-0.05, 0) is 30.5 Å². The molecule has 1 heterocycles. The minimum atomic E-state index is 0.534. The standard InChI is InChI=1S/C14H17ClN2S/c15-11-7-5-10(6-8-11)9-18-14-16-12-3-1-2-4-13(12)17-14/h5-8,12-13H,1-4,9H2,(H,16,17). The van der Waals surface area contributed by atoms with E-state index in [0.717, 1.165) is 15.9 Å². The Morgan fingerprint density at radius 1 is 1.22 bits per heavy atom. The molecule has 0 saturated heterocycles. The van der Waals surface area contributed by atoms with Crippen molar-refractivity contribution < 1.29 is 0 Å². The Balaban J connectivity index is 1.56. The fraction of sp³-hybridized carbons (Fsp3) is 0.500. The highest BCUT2D eigenvalue weighted by molar-refractivity contribution is 8.13. The third-order valence-corrected chi connectivity index (χ3v) is 4.84. The van der Waals surface area contributed by atoms with E-state index in [1.165, 1.54) is 31.2 Å². The van der Waals surface area contributed by atoms with Gasteiger partial charge in [0.05, 0.1) is 12.1 Å². The van der Waals surface area contributed by atoms with Crippen molar-refractivity contribution in [3.63, 3.8) is 0 Å². The van der Waals surface area contributed by atoms with E-state index in [9.17, 15) is 0 Å². The maximum absolute atomic E-state index is 5.88. The van der Waals surface area contributed by atoms with Crippen LogP contribution in [0.2, 0.25) is 5.02 Å². The molecule has 0 bridgehead atoms. The zero-order valence-corrected chi connectivity index (χ0v) is 11.8. The molecule has 2 nitrogen and oxygen atoms in total. The first-order chi connectivity index (χ1) is 8.81. The lowest BCUT2D eigenvalue weighted by atomic mass is 9.92. The van der Waals surface area contributed by atoms with Gasteiger partial charge >= 0.3 is 0 Å². The van der Waals surface area contributed by atoms with Crippen molar-refractivity contribution in [1.82, 2.24) is 5.32 Å². The molecular weight excluding hydrogens is 264 g/mol. The minimum Gasteiger partial charge on any atom is -0.360 e. The van der Waals surface area contributed by atoms with Gasteiger partial charge in [-0.25, -0.2) is 0 Å². The van der Waals surface area contributed by atoms with Gasteiger partial charge in [0, 0.05) is 10.8 Å². The zero-order valence-electron chi connectivity index (χ0n) is 10.2. The highest BCUT2D eigenvalue weighted by atomic mass is 35.5. The SMILES string of the molecule is Clc1ccc(CSC2=NC3CCCCC3N2)cc1. The second kappa shape index (κ2) is 5.54. The quantitative estimate of drug-likeness (QED) is 0.890. The Kier molecular flexibility index (Phi) is 3.80. The number of hydrogen-bond acceptors (Lipinski definition) is 3. The molecule has 3 rings (SSSR count). The van der Waals surface area contributed by atoms with Crippen molar-refractivity contribution in [3.8, 4) is 0 Å². The van der Waals surface area contributed by atoms with E-state index in [1.807, 2.05) is 12.1 Å². The maximum Gasteiger partial charge on any atom is 0.157 e. The first-order valence-corrected chi connectivity index (χ1v) is 7.89. The molecule has 2 aliphatic rings. The molecule has 2 unspecified atom stereocenters. The van der Waals surface area contributed by atoms with Crippen molar-refractivity contribution in [3.05, 3.63) is 34.9 Å². The van der Waals surface area contributed by atoms with Crippen LogP contribution in [0.15, 0.2) is 29.3 Å². The number of rotatable bonds is 2. The number of nitrogens with zero attached hydrogens (tertiary/aromatic N) is 1. The first kappa shape index (κ1) is 12.4. The smallest absolute Gasteiger partial charge is 0.157 e. The fourth-order valence-electron chi connectivity index (χ4n) is 2.59. The molecule has 18 heavy (non-hydrogen) atoms. The van der Waals surface area contributed by atoms with E-state index in [4.69, 9.17) is 16.6 Å². The summed E-state index contributed by atoms with van der Waals surface area (Å²) in [6.07, 6.45) is 5.21. The Hall–Kier alpha value is -0.670. The highest BCUT2D eigenvalue weighted by Crippen LogP contribution is 2.28. The number of thioether (sulfide) groups is 1. The molecule has 4 heteroatoms. The molecule has 96 valence electrons. The van der Waals surface area contributed by atoms with Crippen molar-refractivity contribution >= 4 is 28.5 Å². The number of amidine groups is 1. The average Bonchev–Trinajstić information content (AvgIpc) is 2.81. The van der Waals surface area contributed by atoms with E-state index in [-0.39, 0.29) is 0 Å². The summed E-state index contributed by atoms with van der Waals surface area (Å²) in [6.45, 7) is 0. The molecule has 0 spiro atoms. The summed E-state index contributed by atoms with van der Waals surface area (Å²) in [5.74, 6) is 0.961. The summed E-state index contributed by atoms with van der Waals surface area (Å²) in [5.41, 5.74) is 1.30. The monoisotopic (exact) mass is 280 g/mol. The third kappa shape index (κ3) is 2.83. The molecule has 1 aromatic carbocycles. The molecule has 1 fully saturated rings. The average molecular weight is 281 g/mol. The maximum atomic E-state index is 5.88. The van der Waals surface area contributed by atoms with Gasteiger partial charge in [0.1, 0.15) is 0 Å². The second-order valence-electron chi connectivity index (χ2n) is 4.95. The molecule has 1 N–H and O–H groups in total. The summed E-state index contributed by atoms with van der Waals surface area (Å²) >= 11 is 7.68. The first-order valence-electron chi connectivity index (χ1n) is 6.53. The number of halogens is 1. The van der Waals surface area contributed by atoms with Crippen molar-refractivity contribution in [1.29, 1.82) is 0 Å². The summed E-state index contributed by atoms with van der Waals surface area (Å²) in [7, 11) is 0. The second-order valence-corrected chi connectivity index (χ2v) is 6.35. The van der Waals surface area contributed by atoms with Crippen LogP contribution in [-0.4, -0.2) is 17.3 Å². The zero-order chi connectivity index (χ0) is 12.4. The van der Waals surface area contributed by atoms with Crippen molar-refractivity contribution in [2.75, 3.05) is 0 Å². The van der Waals surface area contributed by atoms with Crippen LogP contribution in [0.1, 0.15) is 31.2 Å². The van der Waals surface area contributed by atoms with E-state index >= 15 is 0 Å². The summed E-state index contributed by atoms with van der Waals surface area (Å²) < 4.78 is 0. The lowest BCUT2D eigenvalue weighted by molar-refractivity contribution is 0.385. The van der Waals surface area contributed by atoms with Crippen LogP contribution < -0.4 is 5.32 Å². The van der Waals surface area contributed by atoms with Gasteiger partial charge in [0.2, 0.25) is 0 Å². The molecule has 1 aliphatic heterocycles. The van der Waals surface area contributed by atoms with Crippen LogP contribution >= 0.6 is 23.4 Å². The molecule has 2 atom stereocenters. The van der Waals surface area contributed by atoms with Crippen LogP contribution in [0, 0.1) is 0 Å². The van der Waals surface area contributed by atoms with Crippen molar-refractivity contribution in [2.45, 2.75) is 43.5 Å². The molecule has 1 aliphatic carbocycles. The van der Waals surface area contributed by atoms with Crippen LogP contribution in [0.5, 0.6) is 0 Å².